The molecule has 0 aliphatic carbocycles. The van der Waals surface area contributed by atoms with Crippen LogP contribution in [0.5, 0.6) is 0 Å². The third-order valence-corrected chi connectivity index (χ3v) is 14.9. The van der Waals surface area contributed by atoms with E-state index in [1.54, 1.807) is 24.3 Å². The minimum atomic E-state index is -1.13. The summed E-state index contributed by atoms with van der Waals surface area (Å²) in [6.07, 6.45) is 6.77. The predicted octanol–water partition coefficient (Wildman–Crippen LogP) is 10.7. The summed E-state index contributed by atoms with van der Waals surface area (Å²) in [5.74, 6) is 0.204. The maximum atomic E-state index is 12.8. The van der Waals surface area contributed by atoms with Crippen molar-refractivity contribution in [3.8, 4) is 0 Å². The molecule has 394 valence electrons. The van der Waals surface area contributed by atoms with Crippen LogP contribution in [0, 0.1) is 11.8 Å². The van der Waals surface area contributed by atoms with Crippen LogP contribution < -0.4 is 31.1 Å². The Hall–Kier alpha value is -6.58. The van der Waals surface area contributed by atoms with Gasteiger partial charge in [-0.3, -0.25) is 9.59 Å². The molecule has 0 spiro atoms. The summed E-state index contributed by atoms with van der Waals surface area (Å²) < 4.78 is 4.93. The number of rotatable bonds is 18. The minimum Gasteiger partial charge on any atom is -0.480 e. The second-order valence-corrected chi connectivity index (χ2v) is 20.3. The van der Waals surface area contributed by atoms with Gasteiger partial charge in [0.2, 0.25) is 0 Å². The van der Waals surface area contributed by atoms with E-state index in [0.29, 0.717) is 11.8 Å². The largest absolute Gasteiger partial charge is 0.480 e. The van der Waals surface area contributed by atoms with E-state index in [-0.39, 0.29) is 44.1 Å². The lowest BCUT2D eigenvalue weighted by atomic mass is 9.91. The molecule has 2 fully saturated rings. The number of halogens is 4. The van der Waals surface area contributed by atoms with Crippen LogP contribution >= 0.6 is 46.4 Å². The summed E-state index contributed by atoms with van der Waals surface area (Å²) in [4.78, 5) is 63.9. The van der Waals surface area contributed by atoms with Gasteiger partial charge in [-0.25, -0.2) is 19.6 Å². The number of carbonyl (C=O) groups is 4. The fraction of sp³-hybridized carbons (Fsp3) is 0.333. The number of hydrogen-bond acceptors (Lipinski definition) is 11. The SMILES string of the molecule is CNc1cccc(CC2CCN(c3ccc(C[C@H](NC(=O)c4c(Cl)cccc4Cl)C(=O)O)cc3)CC2)n1.CNc1cccc(CC2CCN(c3ccc(C[C@H](NC(=O)c4c(Cl)cccc4Cl)C(=O)OC)cc3)CC2)n1. The number of benzene rings is 4. The number of nitrogens with one attached hydrogen (secondary N) is 4. The summed E-state index contributed by atoms with van der Waals surface area (Å²) in [5.41, 5.74) is 6.41. The monoisotopic (exact) mass is 1090 g/mol. The first-order valence-corrected chi connectivity index (χ1v) is 26.5. The lowest BCUT2D eigenvalue weighted by Crippen LogP contribution is -2.43. The zero-order valence-corrected chi connectivity index (χ0v) is 45.2. The van der Waals surface area contributed by atoms with Gasteiger partial charge in [-0.05, 0) is 134 Å². The Labute approximate surface area is 458 Å². The zero-order chi connectivity index (χ0) is 53.4. The molecular weight excluding hydrogens is 1030 g/mol. The molecule has 4 aromatic carbocycles. The van der Waals surface area contributed by atoms with E-state index < -0.39 is 35.8 Å². The first kappa shape index (κ1) is 56.2. The number of piperidine rings is 2. The van der Waals surface area contributed by atoms with E-state index in [2.05, 4.69) is 65.3 Å². The second kappa shape index (κ2) is 27.3. The quantitative estimate of drug-likeness (QED) is 0.0516. The highest BCUT2D eigenvalue weighted by Gasteiger charge is 2.27. The highest BCUT2D eigenvalue weighted by molar-refractivity contribution is 6.40. The highest BCUT2D eigenvalue weighted by Crippen LogP contribution is 2.30. The number of pyridine rings is 2. The molecule has 14 nitrogen and oxygen atoms in total. The molecule has 8 rings (SSSR count). The van der Waals surface area contributed by atoms with Crippen LogP contribution in [-0.2, 0) is 40.0 Å². The molecule has 18 heteroatoms. The zero-order valence-electron chi connectivity index (χ0n) is 42.1. The van der Waals surface area contributed by atoms with Crippen LogP contribution in [0.3, 0.4) is 0 Å². The normalized spacial score (nSPS) is 14.7. The van der Waals surface area contributed by atoms with E-state index in [0.717, 1.165) is 110 Å². The fourth-order valence-corrected chi connectivity index (χ4v) is 10.6. The number of ether oxygens (including phenoxy) is 1. The molecule has 2 atom stereocenters. The van der Waals surface area contributed by atoms with E-state index in [1.807, 2.05) is 74.8 Å². The Morgan fingerprint density at radius 2 is 0.920 bits per heavy atom. The van der Waals surface area contributed by atoms with Crippen LogP contribution in [0.2, 0.25) is 20.1 Å². The maximum Gasteiger partial charge on any atom is 0.328 e. The van der Waals surface area contributed by atoms with Crippen molar-refractivity contribution in [3.63, 3.8) is 0 Å². The third-order valence-electron chi connectivity index (χ3n) is 13.6. The molecule has 0 bridgehead atoms. The van der Waals surface area contributed by atoms with Gasteiger partial charge >= 0.3 is 11.9 Å². The number of carbonyl (C=O) groups excluding carboxylic acids is 3. The Bertz CT molecular complexity index is 2860. The van der Waals surface area contributed by atoms with E-state index in [1.165, 1.54) is 19.2 Å². The van der Waals surface area contributed by atoms with E-state index in [9.17, 15) is 24.3 Å². The molecule has 2 aliphatic heterocycles. The maximum absolute atomic E-state index is 12.8. The lowest BCUT2D eigenvalue weighted by molar-refractivity contribution is -0.143. The van der Waals surface area contributed by atoms with E-state index in [4.69, 9.17) is 51.1 Å². The number of hydrogen-bond donors (Lipinski definition) is 5. The van der Waals surface area contributed by atoms with Crippen LogP contribution in [0.1, 0.15) is 68.9 Å². The topological polar surface area (TPSA) is 178 Å². The highest BCUT2D eigenvalue weighted by atomic mass is 35.5. The molecule has 2 aromatic heterocycles. The summed E-state index contributed by atoms with van der Waals surface area (Å²) in [5, 5.41) is 21.9. The summed E-state index contributed by atoms with van der Waals surface area (Å²) >= 11 is 24.5. The van der Waals surface area contributed by atoms with Crippen molar-refractivity contribution in [3.05, 3.63) is 175 Å². The van der Waals surface area contributed by atoms with Gasteiger partial charge in [0.15, 0.2) is 0 Å². The van der Waals surface area contributed by atoms with Crippen LogP contribution in [0.4, 0.5) is 23.0 Å². The van der Waals surface area contributed by atoms with Crippen molar-refractivity contribution in [1.29, 1.82) is 0 Å². The molecule has 2 saturated heterocycles. The number of esters is 1. The molecule has 2 amide bonds. The van der Waals surface area contributed by atoms with Gasteiger partial charge in [-0.2, -0.15) is 0 Å². The van der Waals surface area contributed by atoms with Crippen LogP contribution in [0.25, 0.3) is 0 Å². The third kappa shape index (κ3) is 15.7. The van der Waals surface area contributed by atoms with Crippen molar-refractivity contribution < 1.29 is 29.0 Å². The number of nitrogens with zero attached hydrogens (tertiary/aromatic N) is 4. The minimum absolute atomic E-state index is 0.0707. The molecule has 0 unspecified atom stereocenters. The first-order chi connectivity index (χ1) is 36.2. The van der Waals surface area contributed by atoms with Gasteiger partial charge in [0.25, 0.3) is 11.8 Å². The molecule has 0 saturated carbocycles. The van der Waals surface area contributed by atoms with Crippen LogP contribution in [-0.4, -0.2) is 98.3 Å². The Balaban J connectivity index is 0.000000219. The number of methoxy groups -OCH3 is 1. The number of aliphatic carboxylic acids is 1. The molecule has 4 heterocycles. The summed E-state index contributed by atoms with van der Waals surface area (Å²) in [6, 6.07) is 35.7. The molecule has 2 aliphatic rings. The number of carboxylic acids is 1. The smallest absolute Gasteiger partial charge is 0.328 e. The van der Waals surface area contributed by atoms with Crippen molar-refractivity contribution in [2.75, 3.05) is 67.8 Å². The Morgan fingerprint density at radius 1 is 0.560 bits per heavy atom. The molecular formula is C57H62Cl4N8O6. The molecule has 0 radical (unpaired) electrons. The van der Waals surface area contributed by atoms with Gasteiger partial charge in [-0.1, -0.05) is 94.9 Å². The fourth-order valence-electron chi connectivity index (χ4n) is 9.43. The first-order valence-electron chi connectivity index (χ1n) is 25.0. The van der Waals surface area contributed by atoms with Crippen molar-refractivity contribution in [1.82, 2.24) is 20.6 Å². The number of amides is 2. The van der Waals surface area contributed by atoms with Gasteiger partial charge in [0.1, 0.15) is 23.7 Å². The van der Waals surface area contributed by atoms with Crippen molar-refractivity contribution in [2.45, 2.75) is 63.5 Å². The molecule has 5 N–H and O–H groups in total. The van der Waals surface area contributed by atoms with E-state index >= 15 is 0 Å². The Kier molecular flexibility index (Phi) is 20.4. The van der Waals surface area contributed by atoms with Gasteiger partial charge in [0, 0.05) is 75.9 Å². The number of anilines is 4. The van der Waals surface area contributed by atoms with Gasteiger partial charge in [-0.15, -0.1) is 0 Å². The van der Waals surface area contributed by atoms with Crippen LogP contribution in [0.15, 0.2) is 121 Å². The van der Waals surface area contributed by atoms with Crippen molar-refractivity contribution >= 4 is 93.2 Å². The second-order valence-electron chi connectivity index (χ2n) is 18.6. The standard InChI is InChI=1S/C29H32Cl2N4O3.C28H30Cl2N4O3/c1-32-26-8-3-5-21(33-26)17-20-13-15-35(16-14-20)22-11-9-19(10-12-22)18-25(29(37)38-2)34-28(36)27-23(30)6-4-7-24(27)31;1-31-25-7-2-4-20(32-25)16-19-12-14-34(15-13-19)21-10-8-18(9-11-21)17-24(28(36)37)33-27(35)26-22(29)5-3-6-23(26)30/h3-12,20,25H,13-18H2,1-2H3,(H,32,33)(H,34,36);2-11,19,24H,12-17H2,1H3,(H,31,32)(H,33,35)(H,36,37)/t25-;24-/m00/s1. The average molecular weight is 1100 g/mol. The number of carboxylic acid groups (broad SMARTS) is 1. The predicted molar refractivity (Wildman–Crippen MR) is 300 cm³/mol. The molecule has 6 aromatic rings. The molecule has 75 heavy (non-hydrogen) atoms. The summed E-state index contributed by atoms with van der Waals surface area (Å²) in [6.45, 7) is 3.88. The Morgan fingerprint density at radius 3 is 1.28 bits per heavy atom. The van der Waals surface area contributed by atoms with Crippen molar-refractivity contribution in [2.24, 2.45) is 11.8 Å². The lowest BCUT2D eigenvalue weighted by Gasteiger charge is -2.33. The number of aromatic nitrogens is 2. The van der Waals surface area contributed by atoms with Gasteiger partial charge in [0.05, 0.1) is 38.3 Å². The summed E-state index contributed by atoms with van der Waals surface area (Å²) in [7, 11) is 5.06. The average Bonchev–Trinajstić information content (AvgIpc) is 3.41. The van der Waals surface area contributed by atoms with Gasteiger partial charge < -0.3 is 40.9 Å².